The summed E-state index contributed by atoms with van der Waals surface area (Å²) in [4.78, 5) is 4.48. The highest BCUT2D eigenvalue weighted by Gasteiger charge is 2.08. The molecule has 0 amide bonds. The van der Waals surface area contributed by atoms with Gasteiger partial charge in [0.2, 0.25) is 0 Å². The van der Waals surface area contributed by atoms with Crippen molar-refractivity contribution in [2.24, 2.45) is 0 Å². The highest BCUT2D eigenvalue weighted by molar-refractivity contribution is 6.31. The van der Waals surface area contributed by atoms with Gasteiger partial charge >= 0.3 is 0 Å². The van der Waals surface area contributed by atoms with E-state index in [1.54, 1.807) is 0 Å². The Morgan fingerprint density at radius 2 is 2.00 bits per heavy atom. The molecule has 18 heavy (non-hydrogen) atoms. The minimum Gasteiger partial charge on any atom is -0.440 e. The van der Waals surface area contributed by atoms with Gasteiger partial charge in [-0.05, 0) is 36.2 Å². The fourth-order valence-corrected chi connectivity index (χ4v) is 2.17. The van der Waals surface area contributed by atoms with E-state index < -0.39 is 0 Å². The van der Waals surface area contributed by atoms with Crippen molar-refractivity contribution in [2.75, 3.05) is 0 Å². The maximum Gasteiger partial charge on any atom is 0.199 e. The van der Waals surface area contributed by atoms with Crippen molar-refractivity contribution in [3.05, 3.63) is 64.5 Å². The number of fused-ring (bicyclic) bond motifs is 1. The summed E-state index contributed by atoms with van der Waals surface area (Å²) in [7, 11) is 0. The van der Waals surface area contributed by atoms with Crippen LogP contribution in [-0.2, 0) is 6.42 Å². The van der Waals surface area contributed by atoms with Crippen LogP contribution in [0.3, 0.4) is 0 Å². The van der Waals surface area contributed by atoms with Crippen LogP contribution in [0.25, 0.3) is 11.1 Å². The van der Waals surface area contributed by atoms with Crippen LogP contribution < -0.4 is 0 Å². The Morgan fingerprint density at radius 3 is 2.83 bits per heavy atom. The molecule has 0 saturated heterocycles. The van der Waals surface area contributed by atoms with E-state index in [0.717, 1.165) is 21.7 Å². The van der Waals surface area contributed by atoms with Crippen molar-refractivity contribution >= 4 is 22.7 Å². The van der Waals surface area contributed by atoms with Gasteiger partial charge in [0.05, 0.1) is 6.42 Å². The molecule has 0 atom stereocenters. The second-order valence-electron chi connectivity index (χ2n) is 4.35. The van der Waals surface area contributed by atoms with Crippen LogP contribution in [0.15, 0.2) is 46.9 Å². The first-order valence-corrected chi connectivity index (χ1v) is 6.19. The Balaban J connectivity index is 1.98. The summed E-state index contributed by atoms with van der Waals surface area (Å²) in [5, 5.41) is 0.746. The van der Waals surface area contributed by atoms with E-state index in [1.807, 2.05) is 49.4 Å². The predicted molar refractivity (Wildman–Crippen MR) is 73.0 cm³/mol. The highest BCUT2D eigenvalue weighted by atomic mass is 35.5. The molecule has 90 valence electrons. The lowest BCUT2D eigenvalue weighted by Crippen LogP contribution is -1.88. The van der Waals surface area contributed by atoms with Crippen molar-refractivity contribution in [2.45, 2.75) is 13.3 Å². The number of oxazole rings is 1. The van der Waals surface area contributed by atoms with Gasteiger partial charge < -0.3 is 4.42 Å². The lowest BCUT2D eigenvalue weighted by molar-refractivity contribution is 0.544. The molecule has 0 aliphatic carbocycles. The topological polar surface area (TPSA) is 26.0 Å². The summed E-state index contributed by atoms with van der Waals surface area (Å²) in [6.45, 7) is 2.04. The Labute approximate surface area is 110 Å². The quantitative estimate of drug-likeness (QED) is 0.681. The third-order valence-electron chi connectivity index (χ3n) is 2.89. The van der Waals surface area contributed by atoms with Gasteiger partial charge in [0.1, 0.15) is 5.52 Å². The van der Waals surface area contributed by atoms with Crippen LogP contribution in [0.1, 0.15) is 17.0 Å². The van der Waals surface area contributed by atoms with Crippen LogP contribution in [0.5, 0.6) is 0 Å². The molecule has 1 aromatic heterocycles. The Morgan fingerprint density at radius 1 is 1.17 bits per heavy atom. The van der Waals surface area contributed by atoms with Crippen molar-refractivity contribution in [1.82, 2.24) is 4.98 Å². The van der Waals surface area contributed by atoms with Crippen LogP contribution in [0.2, 0.25) is 5.02 Å². The maximum atomic E-state index is 6.13. The van der Waals surface area contributed by atoms with Crippen LogP contribution in [0, 0.1) is 6.92 Å². The predicted octanol–water partition coefficient (Wildman–Crippen LogP) is 4.38. The smallest absolute Gasteiger partial charge is 0.199 e. The molecule has 0 fully saturated rings. The van der Waals surface area contributed by atoms with E-state index in [-0.39, 0.29) is 0 Å². The average molecular weight is 258 g/mol. The Hall–Kier alpha value is -1.80. The number of halogens is 1. The molecule has 0 unspecified atom stereocenters. The van der Waals surface area contributed by atoms with E-state index in [4.69, 9.17) is 16.0 Å². The molecule has 0 N–H and O–H groups in total. The van der Waals surface area contributed by atoms with Gasteiger partial charge in [0.25, 0.3) is 0 Å². The third kappa shape index (κ3) is 2.12. The van der Waals surface area contributed by atoms with E-state index >= 15 is 0 Å². The van der Waals surface area contributed by atoms with Crippen molar-refractivity contribution in [3.8, 4) is 0 Å². The van der Waals surface area contributed by atoms with Gasteiger partial charge in [-0.1, -0.05) is 35.9 Å². The Kier molecular flexibility index (Phi) is 2.80. The van der Waals surface area contributed by atoms with E-state index in [9.17, 15) is 0 Å². The zero-order valence-electron chi connectivity index (χ0n) is 9.98. The SMILES string of the molecule is Cc1ccc2oc(Cc3ccccc3Cl)nc2c1. The molecule has 2 aromatic carbocycles. The molecule has 0 radical (unpaired) electrons. The Bertz CT molecular complexity index is 703. The maximum absolute atomic E-state index is 6.13. The zero-order valence-corrected chi connectivity index (χ0v) is 10.7. The fraction of sp³-hybridized carbons (Fsp3) is 0.133. The molecule has 0 spiro atoms. The van der Waals surface area contributed by atoms with Gasteiger partial charge in [-0.15, -0.1) is 0 Å². The fourth-order valence-electron chi connectivity index (χ4n) is 1.97. The van der Waals surface area contributed by atoms with Gasteiger partial charge in [-0.2, -0.15) is 0 Å². The van der Waals surface area contributed by atoms with Crippen LogP contribution in [0.4, 0.5) is 0 Å². The lowest BCUT2D eigenvalue weighted by atomic mass is 10.1. The summed E-state index contributed by atoms with van der Waals surface area (Å²) in [6.07, 6.45) is 0.618. The number of hydrogen-bond acceptors (Lipinski definition) is 2. The van der Waals surface area contributed by atoms with Gasteiger partial charge in [-0.25, -0.2) is 4.98 Å². The molecular formula is C15H12ClNO. The van der Waals surface area contributed by atoms with Crippen molar-refractivity contribution in [3.63, 3.8) is 0 Å². The van der Waals surface area contributed by atoms with Crippen molar-refractivity contribution < 1.29 is 4.42 Å². The lowest BCUT2D eigenvalue weighted by Gasteiger charge is -1.99. The standard InChI is InChI=1S/C15H12ClNO/c1-10-6-7-14-13(8-10)17-15(18-14)9-11-4-2-3-5-12(11)16/h2-8H,9H2,1H3. The molecular weight excluding hydrogens is 246 g/mol. The number of aromatic nitrogens is 1. The second-order valence-corrected chi connectivity index (χ2v) is 4.75. The monoisotopic (exact) mass is 257 g/mol. The molecule has 0 aliphatic rings. The minimum atomic E-state index is 0.618. The van der Waals surface area contributed by atoms with E-state index in [1.165, 1.54) is 5.56 Å². The summed E-state index contributed by atoms with van der Waals surface area (Å²) in [6, 6.07) is 13.7. The number of rotatable bonds is 2. The minimum absolute atomic E-state index is 0.618. The first-order valence-electron chi connectivity index (χ1n) is 5.82. The molecule has 3 heteroatoms. The molecule has 0 saturated carbocycles. The van der Waals surface area contributed by atoms with Gasteiger partial charge in [-0.3, -0.25) is 0 Å². The normalized spacial score (nSPS) is 11.0. The van der Waals surface area contributed by atoms with Gasteiger partial charge in [0.15, 0.2) is 11.5 Å². The summed E-state index contributed by atoms with van der Waals surface area (Å²) in [5.41, 5.74) is 3.93. The largest absolute Gasteiger partial charge is 0.440 e. The highest BCUT2D eigenvalue weighted by Crippen LogP contribution is 2.22. The third-order valence-corrected chi connectivity index (χ3v) is 3.26. The number of aryl methyl sites for hydroxylation is 1. The number of nitrogens with zero attached hydrogens (tertiary/aromatic N) is 1. The first kappa shape index (κ1) is 11.3. The van der Waals surface area contributed by atoms with Crippen LogP contribution >= 0.6 is 11.6 Å². The van der Waals surface area contributed by atoms with Gasteiger partial charge in [0, 0.05) is 5.02 Å². The van der Waals surface area contributed by atoms with Crippen LogP contribution in [-0.4, -0.2) is 4.98 Å². The second kappa shape index (κ2) is 4.46. The first-order chi connectivity index (χ1) is 8.72. The summed E-state index contributed by atoms with van der Waals surface area (Å²) >= 11 is 6.13. The molecule has 3 aromatic rings. The van der Waals surface area contributed by atoms with Crippen molar-refractivity contribution in [1.29, 1.82) is 0 Å². The zero-order chi connectivity index (χ0) is 12.5. The number of benzene rings is 2. The number of hydrogen-bond donors (Lipinski definition) is 0. The average Bonchev–Trinajstić information content (AvgIpc) is 2.73. The molecule has 3 rings (SSSR count). The molecule has 0 bridgehead atoms. The summed E-state index contributed by atoms with van der Waals surface area (Å²) < 4.78 is 5.71. The molecule has 1 heterocycles. The van der Waals surface area contributed by atoms with E-state index in [0.29, 0.717) is 12.3 Å². The molecule has 2 nitrogen and oxygen atoms in total. The summed E-state index contributed by atoms with van der Waals surface area (Å²) in [5.74, 6) is 0.698. The van der Waals surface area contributed by atoms with E-state index in [2.05, 4.69) is 4.98 Å². The molecule has 0 aliphatic heterocycles.